The second-order valence-electron chi connectivity index (χ2n) is 4.79. The molecule has 1 saturated heterocycles. The number of carbonyl (C=O) groups excluding carboxylic acids is 1. The summed E-state index contributed by atoms with van der Waals surface area (Å²) in [7, 11) is 1.69. The Labute approximate surface area is 120 Å². The largest absolute Gasteiger partial charge is 0.381 e. The number of piperidine rings is 1. The van der Waals surface area contributed by atoms with Crippen molar-refractivity contribution < 1.29 is 13.9 Å². The van der Waals surface area contributed by atoms with Crippen LogP contribution in [0.15, 0.2) is 16.6 Å². The second kappa shape index (κ2) is 6.01. The van der Waals surface area contributed by atoms with Gasteiger partial charge >= 0.3 is 0 Å². The molecule has 0 unspecified atom stereocenters. The zero-order chi connectivity index (χ0) is 14.0. The van der Waals surface area contributed by atoms with Crippen LogP contribution < -0.4 is 0 Å². The van der Waals surface area contributed by atoms with E-state index in [1.165, 1.54) is 6.07 Å². The van der Waals surface area contributed by atoms with Crippen LogP contribution in [0.5, 0.6) is 0 Å². The molecule has 1 amide bonds. The number of rotatable bonds is 2. The van der Waals surface area contributed by atoms with E-state index in [-0.39, 0.29) is 17.8 Å². The first-order chi connectivity index (χ1) is 9.02. The summed E-state index contributed by atoms with van der Waals surface area (Å²) in [5.41, 5.74) is 0.917. The number of hydrogen-bond donors (Lipinski definition) is 0. The van der Waals surface area contributed by atoms with Crippen molar-refractivity contribution in [2.45, 2.75) is 25.9 Å². The molecule has 1 aromatic rings. The van der Waals surface area contributed by atoms with Gasteiger partial charge in [-0.05, 0) is 37.5 Å². The van der Waals surface area contributed by atoms with Crippen molar-refractivity contribution in [3.63, 3.8) is 0 Å². The molecule has 1 aliphatic heterocycles. The molecule has 0 N–H and O–H groups in total. The van der Waals surface area contributed by atoms with E-state index in [1.54, 1.807) is 25.0 Å². The van der Waals surface area contributed by atoms with Crippen LogP contribution in [0.3, 0.4) is 0 Å². The third-order valence-corrected chi connectivity index (χ3v) is 4.41. The average Bonchev–Trinajstić information content (AvgIpc) is 2.43. The van der Waals surface area contributed by atoms with Crippen molar-refractivity contribution in [2.75, 3.05) is 20.2 Å². The minimum atomic E-state index is -0.357. The van der Waals surface area contributed by atoms with Crippen LogP contribution in [0.25, 0.3) is 0 Å². The molecule has 0 aliphatic carbocycles. The molecule has 0 saturated carbocycles. The zero-order valence-corrected chi connectivity index (χ0v) is 12.7. The lowest BCUT2D eigenvalue weighted by atomic mass is 10.1. The van der Waals surface area contributed by atoms with Crippen LogP contribution in [-0.2, 0) is 4.74 Å². The number of amides is 1. The first-order valence-electron chi connectivity index (χ1n) is 6.30. The minimum absolute atomic E-state index is 0.117. The number of hydrogen-bond acceptors (Lipinski definition) is 2. The summed E-state index contributed by atoms with van der Waals surface area (Å²) in [5.74, 6) is -0.473. The van der Waals surface area contributed by atoms with E-state index in [9.17, 15) is 9.18 Å². The van der Waals surface area contributed by atoms with E-state index in [0.29, 0.717) is 28.7 Å². The number of methoxy groups -OCH3 is 1. The summed E-state index contributed by atoms with van der Waals surface area (Å²) < 4.78 is 19.6. The number of nitrogens with zero attached hydrogens (tertiary/aromatic N) is 1. The van der Waals surface area contributed by atoms with Gasteiger partial charge in [-0.2, -0.15) is 0 Å². The molecule has 1 fully saturated rings. The minimum Gasteiger partial charge on any atom is -0.381 e. The fourth-order valence-corrected chi connectivity index (χ4v) is 2.68. The van der Waals surface area contributed by atoms with Crippen molar-refractivity contribution in [3.05, 3.63) is 33.5 Å². The average molecular weight is 330 g/mol. The molecule has 0 aromatic heterocycles. The van der Waals surface area contributed by atoms with E-state index in [2.05, 4.69) is 15.9 Å². The fraction of sp³-hybridized carbons (Fsp3) is 0.500. The van der Waals surface area contributed by atoms with Crippen molar-refractivity contribution in [3.8, 4) is 0 Å². The maximum absolute atomic E-state index is 13.7. The smallest absolute Gasteiger partial charge is 0.253 e. The van der Waals surface area contributed by atoms with Gasteiger partial charge in [-0.1, -0.05) is 15.9 Å². The second-order valence-corrected chi connectivity index (χ2v) is 5.65. The Morgan fingerprint density at radius 3 is 2.58 bits per heavy atom. The molecule has 1 aromatic carbocycles. The van der Waals surface area contributed by atoms with Gasteiger partial charge in [0.25, 0.3) is 5.91 Å². The monoisotopic (exact) mass is 329 g/mol. The SMILES string of the molecule is COC1CCN(C(=O)c2cc(F)c(C)c(Br)c2)CC1. The summed E-state index contributed by atoms with van der Waals surface area (Å²) in [6, 6.07) is 2.99. The molecule has 19 heavy (non-hydrogen) atoms. The Bertz CT molecular complexity index is 461. The molecule has 2 rings (SSSR count). The molecule has 5 heteroatoms. The maximum atomic E-state index is 13.7. The maximum Gasteiger partial charge on any atom is 0.253 e. The third kappa shape index (κ3) is 3.15. The van der Waals surface area contributed by atoms with Gasteiger partial charge < -0.3 is 9.64 Å². The molecule has 1 aliphatic rings. The zero-order valence-electron chi connectivity index (χ0n) is 11.1. The first kappa shape index (κ1) is 14.5. The Morgan fingerprint density at radius 2 is 2.05 bits per heavy atom. The predicted molar refractivity (Wildman–Crippen MR) is 74.8 cm³/mol. The topological polar surface area (TPSA) is 29.5 Å². The van der Waals surface area contributed by atoms with Gasteiger partial charge in [-0.15, -0.1) is 0 Å². The molecule has 0 radical (unpaired) electrons. The van der Waals surface area contributed by atoms with Gasteiger partial charge in [0, 0.05) is 30.2 Å². The molecule has 1 heterocycles. The van der Waals surface area contributed by atoms with E-state index < -0.39 is 0 Å². The molecule has 3 nitrogen and oxygen atoms in total. The standard InChI is InChI=1S/C14H17BrFNO2/c1-9-12(15)7-10(8-13(9)16)14(18)17-5-3-11(19-2)4-6-17/h7-8,11H,3-6H2,1-2H3. The number of benzene rings is 1. The highest BCUT2D eigenvalue weighted by atomic mass is 79.9. The Balaban J connectivity index is 2.12. The highest BCUT2D eigenvalue weighted by Gasteiger charge is 2.24. The molecular formula is C14H17BrFNO2. The van der Waals surface area contributed by atoms with Crippen molar-refractivity contribution in [1.29, 1.82) is 0 Å². The molecule has 104 valence electrons. The van der Waals surface area contributed by atoms with Gasteiger partial charge in [0.2, 0.25) is 0 Å². The van der Waals surface area contributed by atoms with Crippen LogP contribution in [0.4, 0.5) is 4.39 Å². The third-order valence-electron chi connectivity index (χ3n) is 3.59. The molecular weight excluding hydrogens is 313 g/mol. The van der Waals surface area contributed by atoms with E-state index >= 15 is 0 Å². The summed E-state index contributed by atoms with van der Waals surface area (Å²) in [6.07, 6.45) is 1.89. The van der Waals surface area contributed by atoms with E-state index in [0.717, 1.165) is 12.8 Å². The van der Waals surface area contributed by atoms with E-state index in [1.807, 2.05) is 0 Å². The summed E-state index contributed by atoms with van der Waals surface area (Å²) in [5, 5.41) is 0. The Kier molecular flexibility index (Phi) is 4.58. The summed E-state index contributed by atoms with van der Waals surface area (Å²) in [6.45, 7) is 2.99. The summed E-state index contributed by atoms with van der Waals surface area (Å²) >= 11 is 3.28. The van der Waals surface area contributed by atoms with Crippen LogP contribution in [0.1, 0.15) is 28.8 Å². The lowest BCUT2D eigenvalue weighted by Crippen LogP contribution is -2.40. The highest BCUT2D eigenvalue weighted by molar-refractivity contribution is 9.10. The number of halogens is 2. The number of likely N-dealkylation sites (tertiary alicyclic amines) is 1. The molecule has 0 bridgehead atoms. The van der Waals surface area contributed by atoms with Gasteiger partial charge in [-0.25, -0.2) is 4.39 Å². The lowest BCUT2D eigenvalue weighted by Gasteiger charge is -2.31. The Morgan fingerprint density at radius 1 is 1.42 bits per heavy atom. The normalized spacial score (nSPS) is 16.7. The van der Waals surface area contributed by atoms with Crippen LogP contribution in [-0.4, -0.2) is 37.1 Å². The van der Waals surface area contributed by atoms with E-state index in [4.69, 9.17) is 4.74 Å². The highest BCUT2D eigenvalue weighted by Crippen LogP contribution is 2.23. The summed E-state index contributed by atoms with van der Waals surface area (Å²) in [4.78, 5) is 14.1. The first-order valence-corrected chi connectivity index (χ1v) is 7.10. The van der Waals surface area contributed by atoms with Gasteiger partial charge in [0.15, 0.2) is 0 Å². The lowest BCUT2D eigenvalue weighted by molar-refractivity contribution is 0.0350. The van der Waals surface area contributed by atoms with Crippen LogP contribution in [0.2, 0.25) is 0 Å². The van der Waals surface area contributed by atoms with Gasteiger partial charge in [0.1, 0.15) is 5.82 Å². The molecule has 0 spiro atoms. The Hall–Kier alpha value is -0.940. The fourth-order valence-electron chi connectivity index (χ4n) is 2.25. The van der Waals surface area contributed by atoms with Crippen molar-refractivity contribution in [1.82, 2.24) is 4.90 Å². The number of ether oxygens (including phenoxy) is 1. The van der Waals surface area contributed by atoms with Gasteiger partial charge in [-0.3, -0.25) is 4.79 Å². The van der Waals surface area contributed by atoms with Gasteiger partial charge in [0.05, 0.1) is 6.10 Å². The van der Waals surface area contributed by atoms with Crippen molar-refractivity contribution in [2.24, 2.45) is 0 Å². The number of carbonyl (C=O) groups is 1. The quantitative estimate of drug-likeness (QED) is 0.834. The molecule has 0 atom stereocenters. The predicted octanol–water partition coefficient (Wildman–Crippen LogP) is 3.15. The van der Waals surface area contributed by atoms with Crippen LogP contribution >= 0.6 is 15.9 Å². The van der Waals surface area contributed by atoms with Crippen molar-refractivity contribution >= 4 is 21.8 Å². The van der Waals surface area contributed by atoms with Crippen LogP contribution in [0, 0.1) is 12.7 Å².